The molecule has 0 saturated carbocycles. The summed E-state index contributed by atoms with van der Waals surface area (Å²) in [5.41, 5.74) is 1.12. The molecular weight excluding hydrogens is 190 g/mol. The van der Waals surface area contributed by atoms with Gasteiger partial charge in [-0.1, -0.05) is 19.9 Å². The smallest absolute Gasteiger partial charge is 0.333 e. The minimum atomic E-state index is -0.228. The fourth-order valence-electron chi connectivity index (χ4n) is 1.89. The van der Waals surface area contributed by atoms with E-state index in [0.717, 1.165) is 19.6 Å². The predicted molar refractivity (Wildman–Crippen MR) is 60.6 cm³/mol. The van der Waals surface area contributed by atoms with Gasteiger partial charge in [-0.15, -0.1) is 0 Å². The third-order valence-corrected chi connectivity index (χ3v) is 2.92. The van der Waals surface area contributed by atoms with Crippen molar-refractivity contribution < 1.29 is 9.53 Å². The van der Waals surface area contributed by atoms with Crippen LogP contribution in [-0.2, 0) is 9.53 Å². The topological polar surface area (TPSA) is 29.5 Å². The molecule has 0 spiro atoms. The molecule has 1 rings (SSSR count). The van der Waals surface area contributed by atoms with E-state index in [1.54, 1.807) is 6.92 Å². The Balaban J connectivity index is 2.41. The number of likely N-dealkylation sites (tertiary alicyclic amines) is 1. The summed E-state index contributed by atoms with van der Waals surface area (Å²) in [7, 11) is 1.42. The molecule has 1 heterocycles. The molecule has 1 aliphatic rings. The largest absolute Gasteiger partial charge is 0.466 e. The average molecular weight is 211 g/mol. The Bertz CT molecular complexity index is 269. The molecule has 1 fully saturated rings. The molecule has 0 aromatic carbocycles. The Morgan fingerprint density at radius 2 is 2.20 bits per heavy atom. The van der Waals surface area contributed by atoms with Crippen LogP contribution in [0.2, 0.25) is 0 Å². The second-order valence-corrected chi connectivity index (χ2v) is 5.03. The first-order valence-electron chi connectivity index (χ1n) is 5.42. The molecule has 0 aromatic rings. The summed E-state index contributed by atoms with van der Waals surface area (Å²) >= 11 is 0. The van der Waals surface area contributed by atoms with Crippen LogP contribution in [0.25, 0.3) is 0 Å². The van der Waals surface area contributed by atoms with Gasteiger partial charge in [-0.3, -0.25) is 4.90 Å². The number of rotatable bonds is 3. The molecule has 15 heavy (non-hydrogen) atoms. The summed E-state index contributed by atoms with van der Waals surface area (Å²) in [6.45, 7) is 9.45. The van der Waals surface area contributed by atoms with Crippen LogP contribution >= 0.6 is 0 Å². The number of nitrogens with zero attached hydrogens (tertiary/aromatic N) is 1. The molecule has 3 heteroatoms. The highest BCUT2D eigenvalue weighted by atomic mass is 16.5. The van der Waals surface area contributed by atoms with Gasteiger partial charge < -0.3 is 4.74 Å². The summed E-state index contributed by atoms with van der Waals surface area (Å²) in [6, 6.07) is 0. The van der Waals surface area contributed by atoms with E-state index in [0.29, 0.717) is 11.0 Å². The van der Waals surface area contributed by atoms with E-state index in [2.05, 4.69) is 23.5 Å². The van der Waals surface area contributed by atoms with Crippen molar-refractivity contribution in [3.63, 3.8) is 0 Å². The zero-order chi connectivity index (χ0) is 11.5. The lowest BCUT2D eigenvalue weighted by Gasteiger charge is -2.18. The van der Waals surface area contributed by atoms with Gasteiger partial charge in [0.1, 0.15) is 0 Å². The Hall–Kier alpha value is -0.830. The van der Waals surface area contributed by atoms with Crippen LogP contribution in [0.15, 0.2) is 11.6 Å². The summed E-state index contributed by atoms with van der Waals surface area (Å²) in [4.78, 5) is 13.5. The quantitative estimate of drug-likeness (QED) is 0.527. The molecule has 0 radical (unpaired) electrons. The summed E-state index contributed by atoms with van der Waals surface area (Å²) in [6.07, 6.45) is 3.19. The molecule has 3 nitrogen and oxygen atoms in total. The first kappa shape index (κ1) is 12.2. The van der Waals surface area contributed by atoms with Crippen LogP contribution in [-0.4, -0.2) is 37.6 Å². The van der Waals surface area contributed by atoms with Gasteiger partial charge in [0.15, 0.2) is 0 Å². The minimum Gasteiger partial charge on any atom is -0.466 e. The third kappa shape index (κ3) is 3.67. The van der Waals surface area contributed by atoms with E-state index in [4.69, 9.17) is 0 Å². The normalized spacial score (nSPS) is 21.7. The first-order valence-corrected chi connectivity index (χ1v) is 5.42. The molecule has 0 N–H and O–H groups in total. The maximum atomic E-state index is 11.1. The lowest BCUT2D eigenvalue weighted by Crippen LogP contribution is -2.23. The molecule has 0 aromatic heterocycles. The van der Waals surface area contributed by atoms with Crippen LogP contribution in [0.3, 0.4) is 0 Å². The minimum absolute atomic E-state index is 0.228. The summed E-state index contributed by atoms with van der Waals surface area (Å²) in [5.74, 6) is -0.228. The van der Waals surface area contributed by atoms with E-state index in [-0.39, 0.29) is 5.97 Å². The monoisotopic (exact) mass is 211 g/mol. The zero-order valence-electron chi connectivity index (χ0n) is 10.2. The van der Waals surface area contributed by atoms with Crippen molar-refractivity contribution in [1.82, 2.24) is 4.90 Å². The molecule has 0 aliphatic carbocycles. The number of hydrogen-bond donors (Lipinski definition) is 0. The van der Waals surface area contributed by atoms with Crippen LogP contribution in [0, 0.1) is 5.41 Å². The zero-order valence-corrected chi connectivity index (χ0v) is 10.2. The molecule has 0 amide bonds. The van der Waals surface area contributed by atoms with Crippen LogP contribution < -0.4 is 0 Å². The van der Waals surface area contributed by atoms with Crippen molar-refractivity contribution in [3.8, 4) is 0 Å². The number of methoxy groups -OCH3 is 1. The van der Waals surface area contributed by atoms with Crippen molar-refractivity contribution >= 4 is 5.97 Å². The summed E-state index contributed by atoms with van der Waals surface area (Å²) in [5, 5.41) is 0. The highest BCUT2D eigenvalue weighted by Gasteiger charge is 2.28. The molecular formula is C12H21NO2. The molecule has 0 bridgehead atoms. The number of esters is 1. The Morgan fingerprint density at radius 3 is 2.67 bits per heavy atom. The van der Waals surface area contributed by atoms with Crippen molar-refractivity contribution in [1.29, 1.82) is 0 Å². The molecule has 1 aliphatic heterocycles. The number of carbonyl (C=O) groups is 1. The van der Waals surface area contributed by atoms with E-state index in [1.165, 1.54) is 13.5 Å². The van der Waals surface area contributed by atoms with Crippen molar-refractivity contribution in [2.75, 3.05) is 26.7 Å². The highest BCUT2D eigenvalue weighted by molar-refractivity contribution is 5.87. The molecule has 86 valence electrons. The number of carbonyl (C=O) groups excluding carboxylic acids is 1. The van der Waals surface area contributed by atoms with Crippen molar-refractivity contribution in [3.05, 3.63) is 11.6 Å². The average Bonchev–Trinajstić information content (AvgIpc) is 2.53. The predicted octanol–water partition coefficient (Wildman–Crippen LogP) is 1.84. The lowest BCUT2D eigenvalue weighted by molar-refractivity contribution is -0.136. The van der Waals surface area contributed by atoms with E-state index in [9.17, 15) is 4.79 Å². The van der Waals surface area contributed by atoms with Gasteiger partial charge in [0, 0.05) is 18.7 Å². The number of hydrogen-bond acceptors (Lipinski definition) is 3. The van der Waals surface area contributed by atoms with Gasteiger partial charge >= 0.3 is 5.97 Å². The SMILES string of the molecule is COC(=O)C(C)=CCN1CCC(C)(C)C1. The first-order chi connectivity index (χ1) is 6.94. The molecule has 0 unspecified atom stereocenters. The third-order valence-electron chi connectivity index (χ3n) is 2.92. The second kappa shape index (κ2) is 4.79. The van der Waals surface area contributed by atoms with Gasteiger partial charge in [-0.25, -0.2) is 4.79 Å². The van der Waals surface area contributed by atoms with Gasteiger partial charge in [0.2, 0.25) is 0 Å². The molecule has 0 atom stereocenters. The van der Waals surface area contributed by atoms with E-state index >= 15 is 0 Å². The molecule has 1 saturated heterocycles. The number of ether oxygens (including phenoxy) is 1. The fraction of sp³-hybridized carbons (Fsp3) is 0.750. The lowest BCUT2D eigenvalue weighted by atomic mass is 9.93. The Labute approximate surface area is 92.1 Å². The van der Waals surface area contributed by atoms with Crippen LogP contribution in [0.4, 0.5) is 0 Å². The van der Waals surface area contributed by atoms with E-state index < -0.39 is 0 Å². The van der Waals surface area contributed by atoms with Gasteiger partial charge in [-0.05, 0) is 25.3 Å². The van der Waals surface area contributed by atoms with Crippen LogP contribution in [0.1, 0.15) is 27.2 Å². The Kier molecular flexibility index (Phi) is 3.91. The second-order valence-electron chi connectivity index (χ2n) is 5.03. The van der Waals surface area contributed by atoms with Gasteiger partial charge in [-0.2, -0.15) is 0 Å². The van der Waals surface area contributed by atoms with Crippen molar-refractivity contribution in [2.45, 2.75) is 27.2 Å². The Morgan fingerprint density at radius 1 is 1.53 bits per heavy atom. The standard InChI is InChI=1S/C12H21NO2/c1-10(11(14)15-4)5-7-13-8-6-12(2,3)9-13/h5H,6-9H2,1-4H3. The van der Waals surface area contributed by atoms with E-state index in [1.807, 2.05) is 6.08 Å². The van der Waals surface area contributed by atoms with Gasteiger partial charge in [0.25, 0.3) is 0 Å². The highest BCUT2D eigenvalue weighted by Crippen LogP contribution is 2.28. The summed E-state index contributed by atoms with van der Waals surface area (Å²) < 4.78 is 4.64. The van der Waals surface area contributed by atoms with Crippen LogP contribution in [0.5, 0.6) is 0 Å². The maximum Gasteiger partial charge on any atom is 0.333 e. The fourth-order valence-corrected chi connectivity index (χ4v) is 1.89. The van der Waals surface area contributed by atoms with Gasteiger partial charge in [0.05, 0.1) is 7.11 Å². The maximum absolute atomic E-state index is 11.1. The van der Waals surface area contributed by atoms with Crippen molar-refractivity contribution in [2.24, 2.45) is 5.41 Å².